The zero-order valence-electron chi connectivity index (χ0n) is 24.0. The molecule has 8 rings (SSSR count). The summed E-state index contributed by atoms with van der Waals surface area (Å²) in [5.74, 6) is 2.87. The molecule has 0 spiro atoms. The number of benzene rings is 4. The molecule has 0 N–H and O–H groups in total. The minimum absolute atomic E-state index is 0.234. The Bertz CT molecular complexity index is 2330. The molecule has 0 fully saturated rings. The number of furan rings is 1. The molecule has 1 aliphatic heterocycles. The molecule has 0 unspecified atom stereocenters. The van der Waals surface area contributed by atoms with Crippen molar-refractivity contribution in [3.8, 4) is 28.8 Å². The van der Waals surface area contributed by atoms with E-state index in [0.717, 1.165) is 44.6 Å². The van der Waals surface area contributed by atoms with Gasteiger partial charge in [-0.25, -0.2) is 4.98 Å². The normalized spacial score (nSPS) is 12.7. The Labute approximate surface area is 251 Å². The van der Waals surface area contributed by atoms with Gasteiger partial charge in [-0.3, -0.25) is 4.79 Å². The molecule has 216 valence electrons. The number of methoxy groups -OCH3 is 1. The second-order valence-corrected chi connectivity index (χ2v) is 10.6. The van der Waals surface area contributed by atoms with Crippen molar-refractivity contribution < 1.29 is 18.6 Å². The first-order valence-corrected chi connectivity index (χ1v) is 14.2. The maximum absolute atomic E-state index is 13.9. The third-order valence-electron chi connectivity index (χ3n) is 8.08. The summed E-state index contributed by atoms with van der Waals surface area (Å²) >= 11 is 0. The number of ether oxygens (including phenoxy) is 3. The Hall–Kier alpha value is -5.83. The highest BCUT2D eigenvalue weighted by Gasteiger charge is 2.20. The van der Waals surface area contributed by atoms with Crippen LogP contribution >= 0.6 is 0 Å². The molecule has 0 amide bonds. The van der Waals surface area contributed by atoms with E-state index in [-0.39, 0.29) is 12.4 Å². The van der Waals surface area contributed by atoms with Crippen LogP contribution in [0.2, 0.25) is 0 Å². The monoisotopic (exact) mass is 582 g/mol. The number of aromatic nitrogens is 3. The quantitative estimate of drug-likeness (QED) is 0.202. The van der Waals surface area contributed by atoms with Crippen LogP contribution in [0.5, 0.6) is 17.2 Å². The molecule has 0 saturated carbocycles. The Morgan fingerprint density at radius 3 is 2.61 bits per heavy atom. The van der Waals surface area contributed by atoms with E-state index in [4.69, 9.17) is 28.7 Å². The molecule has 0 saturated heterocycles. The van der Waals surface area contributed by atoms with E-state index < -0.39 is 0 Å². The molecule has 0 bridgehead atoms. The summed E-state index contributed by atoms with van der Waals surface area (Å²) in [7, 11) is 1.61. The van der Waals surface area contributed by atoms with Crippen LogP contribution in [0.4, 0.5) is 0 Å². The predicted molar refractivity (Wildman–Crippen MR) is 169 cm³/mol. The van der Waals surface area contributed by atoms with Gasteiger partial charge in [-0.2, -0.15) is 9.78 Å². The van der Waals surface area contributed by atoms with Crippen molar-refractivity contribution in [2.75, 3.05) is 13.9 Å². The Morgan fingerprint density at radius 1 is 0.909 bits per heavy atom. The second kappa shape index (κ2) is 10.2. The fourth-order valence-electron chi connectivity index (χ4n) is 5.87. The van der Waals surface area contributed by atoms with E-state index in [9.17, 15) is 4.79 Å². The van der Waals surface area contributed by atoms with Gasteiger partial charge >= 0.3 is 0 Å². The molecule has 9 heteroatoms. The molecule has 0 radical (unpaired) electrons. The van der Waals surface area contributed by atoms with Crippen molar-refractivity contribution in [2.24, 2.45) is 5.10 Å². The number of rotatable bonds is 6. The van der Waals surface area contributed by atoms with Gasteiger partial charge in [0.25, 0.3) is 5.56 Å². The molecule has 7 aromatic rings. The molecule has 0 atom stereocenters. The lowest BCUT2D eigenvalue weighted by Gasteiger charge is -2.10. The largest absolute Gasteiger partial charge is 0.496 e. The van der Waals surface area contributed by atoms with Gasteiger partial charge in [-0.05, 0) is 61.0 Å². The van der Waals surface area contributed by atoms with Crippen LogP contribution in [0.25, 0.3) is 44.4 Å². The summed E-state index contributed by atoms with van der Waals surface area (Å²) in [4.78, 5) is 18.7. The molecular formula is C35H26N4O5. The van der Waals surface area contributed by atoms with Crippen molar-refractivity contribution in [1.29, 1.82) is 0 Å². The van der Waals surface area contributed by atoms with Gasteiger partial charge in [0.2, 0.25) is 12.6 Å². The fraction of sp³-hybridized carbons (Fsp3) is 0.114. The highest BCUT2D eigenvalue weighted by Crippen LogP contribution is 2.35. The zero-order chi connectivity index (χ0) is 29.8. The number of hydrogen-bond donors (Lipinski definition) is 0. The lowest BCUT2D eigenvalue weighted by atomic mass is 10.1. The van der Waals surface area contributed by atoms with Crippen LogP contribution in [-0.2, 0) is 6.54 Å². The van der Waals surface area contributed by atoms with Crippen LogP contribution in [0, 0.1) is 6.92 Å². The number of para-hydroxylation sites is 2. The Balaban J connectivity index is 1.28. The molecule has 0 aliphatic carbocycles. The first-order chi connectivity index (χ1) is 21.6. The van der Waals surface area contributed by atoms with E-state index >= 15 is 0 Å². The fourth-order valence-corrected chi connectivity index (χ4v) is 5.87. The average Bonchev–Trinajstić information content (AvgIpc) is 3.77. The maximum Gasteiger partial charge on any atom is 0.282 e. The van der Waals surface area contributed by atoms with Crippen LogP contribution < -0.4 is 19.8 Å². The third-order valence-corrected chi connectivity index (χ3v) is 8.08. The van der Waals surface area contributed by atoms with Gasteiger partial charge in [0.15, 0.2) is 17.3 Å². The van der Waals surface area contributed by atoms with Gasteiger partial charge in [-0.15, -0.1) is 0 Å². The van der Waals surface area contributed by atoms with E-state index in [0.29, 0.717) is 40.4 Å². The lowest BCUT2D eigenvalue weighted by molar-refractivity contribution is 0.174. The van der Waals surface area contributed by atoms with Gasteiger partial charge in [0.1, 0.15) is 11.3 Å². The zero-order valence-corrected chi connectivity index (χ0v) is 24.0. The number of fused-ring (bicyclic) bond motifs is 4. The first kappa shape index (κ1) is 25.8. The van der Waals surface area contributed by atoms with Crippen LogP contribution in [0.3, 0.4) is 0 Å². The third kappa shape index (κ3) is 4.12. The Morgan fingerprint density at radius 2 is 1.73 bits per heavy atom. The molecule has 3 aromatic heterocycles. The summed E-state index contributed by atoms with van der Waals surface area (Å²) in [5, 5.41) is 7.03. The van der Waals surface area contributed by atoms with Crippen molar-refractivity contribution in [1.82, 2.24) is 14.2 Å². The summed E-state index contributed by atoms with van der Waals surface area (Å²) in [6.07, 6.45) is 1.73. The molecular weight excluding hydrogens is 556 g/mol. The molecule has 4 heterocycles. The van der Waals surface area contributed by atoms with E-state index in [1.807, 2.05) is 72.8 Å². The number of hydrogen-bond acceptors (Lipinski definition) is 7. The van der Waals surface area contributed by atoms with Gasteiger partial charge in [0, 0.05) is 28.7 Å². The van der Waals surface area contributed by atoms with Gasteiger partial charge in [0.05, 0.1) is 29.6 Å². The smallest absolute Gasteiger partial charge is 0.282 e. The maximum atomic E-state index is 13.9. The second-order valence-electron chi connectivity index (χ2n) is 10.6. The SMILES string of the molecule is COc1cccc2oc(-c3nc4ccccc4c(=O)n3N=Cc3c(C)n(Cc4ccc5c(c4)OCO5)c4ccccc34)cc12. The summed E-state index contributed by atoms with van der Waals surface area (Å²) < 4.78 is 26.4. The molecule has 4 aromatic carbocycles. The van der Waals surface area contributed by atoms with Crippen LogP contribution in [-0.4, -0.2) is 34.3 Å². The minimum Gasteiger partial charge on any atom is -0.496 e. The van der Waals surface area contributed by atoms with Crippen LogP contribution in [0.15, 0.2) is 105 Å². The molecule has 9 nitrogen and oxygen atoms in total. The van der Waals surface area contributed by atoms with E-state index in [2.05, 4.69) is 23.6 Å². The van der Waals surface area contributed by atoms with Crippen LogP contribution in [0.1, 0.15) is 16.8 Å². The van der Waals surface area contributed by atoms with Crippen molar-refractivity contribution in [3.05, 3.63) is 118 Å². The highest BCUT2D eigenvalue weighted by atomic mass is 16.7. The average molecular weight is 583 g/mol. The standard InChI is InChI=1S/C35H26N4O5/c1-21-26(23-8-4-6-11-28(23)38(21)19-22-14-15-31-32(16-22)43-20-42-31)18-36-39-34(37-27-10-5-3-9-24(27)35(39)40)33-17-25-29(41-2)12-7-13-30(25)44-33/h3-18H,19-20H2,1-2H3. The van der Waals surface area contributed by atoms with Crippen molar-refractivity contribution >= 4 is 39.0 Å². The Kier molecular flexibility index (Phi) is 5.97. The summed E-state index contributed by atoms with van der Waals surface area (Å²) in [5.41, 5.74) is 4.93. The van der Waals surface area contributed by atoms with Crippen molar-refractivity contribution in [3.63, 3.8) is 0 Å². The molecule has 44 heavy (non-hydrogen) atoms. The van der Waals surface area contributed by atoms with E-state index in [1.54, 1.807) is 19.4 Å². The lowest BCUT2D eigenvalue weighted by Crippen LogP contribution is -2.20. The number of nitrogens with zero attached hydrogens (tertiary/aromatic N) is 4. The van der Waals surface area contributed by atoms with Crippen molar-refractivity contribution in [2.45, 2.75) is 13.5 Å². The van der Waals surface area contributed by atoms with Gasteiger partial charge < -0.3 is 23.2 Å². The molecule has 1 aliphatic rings. The topological polar surface area (TPSA) is 93.0 Å². The van der Waals surface area contributed by atoms with Gasteiger partial charge in [-0.1, -0.05) is 42.5 Å². The first-order valence-electron chi connectivity index (χ1n) is 14.2. The summed E-state index contributed by atoms with van der Waals surface area (Å²) in [6, 6.07) is 28.8. The highest BCUT2D eigenvalue weighted by molar-refractivity contribution is 6.01. The minimum atomic E-state index is -0.295. The van der Waals surface area contributed by atoms with E-state index in [1.165, 1.54) is 4.68 Å². The predicted octanol–water partition coefficient (Wildman–Crippen LogP) is 6.74. The summed E-state index contributed by atoms with van der Waals surface area (Å²) in [6.45, 7) is 2.92.